The van der Waals surface area contributed by atoms with Crippen LogP contribution in [0.1, 0.15) is 5.69 Å². The van der Waals surface area contributed by atoms with E-state index in [9.17, 15) is 0 Å². The van der Waals surface area contributed by atoms with Crippen LogP contribution in [0.4, 0.5) is 0 Å². The Morgan fingerprint density at radius 2 is 2.50 bits per heavy atom. The van der Waals surface area contributed by atoms with Crippen molar-refractivity contribution in [3.05, 3.63) is 30.1 Å². The smallest absolute Gasteiger partial charge is 0.0561 e. The fraction of sp³-hybridized carbons (Fsp3) is 0.643. The summed E-state index contributed by atoms with van der Waals surface area (Å²) in [6, 6.07) is 6.10. The van der Waals surface area contributed by atoms with Gasteiger partial charge in [-0.3, -0.25) is 9.88 Å². The molecule has 1 aromatic heterocycles. The number of methoxy groups -OCH3 is 1. The van der Waals surface area contributed by atoms with Crippen LogP contribution >= 0.6 is 0 Å². The zero-order valence-electron chi connectivity index (χ0n) is 10.8. The van der Waals surface area contributed by atoms with Crippen LogP contribution in [0.2, 0.25) is 0 Å². The third kappa shape index (κ3) is 2.16. The molecule has 0 unspecified atom stereocenters. The van der Waals surface area contributed by atoms with Gasteiger partial charge in [0.1, 0.15) is 0 Å². The summed E-state index contributed by atoms with van der Waals surface area (Å²) in [5.74, 6) is 0.612. The van der Waals surface area contributed by atoms with Crippen LogP contribution in [-0.2, 0) is 16.0 Å². The number of rotatable bonds is 4. The number of hydrogen-bond donors (Lipinski definition) is 0. The van der Waals surface area contributed by atoms with Crippen LogP contribution < -0.4 is 0 Å². The van der Waals surface area contributed by atoms with Crippen molar-refractivity contribution in [1.29, 1.82) is 0 Å². The molecule has 3 rings (SSSR count). The van der Waals surface area contributed by atoms with Gasteiger partial charge in [0.25, 0.3) is 0 Å². The highest BCUT2D eigenvalue weighted by atomic mass is 16.5. The van der Waals surface area contributed by atoms with E-state index in [1.54, 1.807) is 7.11 Å². The number of fused-ring (bicyclic) bond motifs is 1. The first kappa shape index (κ1) is 12.1. The molecule has 0 bridgehead atoms. The van der Waals surface area contributed by atoms with E-state index in [0.29, 0.717) is 5.92 Å². The maximum absolute atomic E-state index is 5.64. The Kier molecular flexibility index (Phi) is 3.33. The Hall–Kier alpha value is -0.970. The molecule has 1 aromatic rings. The molecule has 0 amide bonds. The first-order valence-corrected chi connectivity index (χ1v) is 6.51. The Balaban J connectivity index is 1.67. The quantitative estimate of drug-likeness (QED) is 0.801. The van der Waals surface area contributed by atoms with E-state index in [2.05, 4.69) is 16.0 Å². The number of likely N-dealkylation sites (tertiary alicyclic amines) is 1. The number of ether oxygens (including phenoxy) is 2. The second kappa shape index (κ2) is 4.96. The van der Waals surface area contributed by atoms with Crippen LogP contribution in [-0.4, -0.2) is 49.9 Å². The van der Waals surface area contributed by atoms with Crippen LogP contribution in [0.5, 0.6) is 0 Å². The molecule has 0 radical (unpaired) electrons. The summed E-state index contributed by atoms with van der Waals surface area (Å²) >= 11 is 0. The Bertz CT molecular complexity index is 398. The number of aromatic nitrogens is 1. The summed E-state index contributed by atoms with van der Waals surface area (Å²) in [4.78, 5) is 6.88. The zero-order chi connectivity index (χ0) is 12.4. The lowest BCUT2D eigenvalue weighted by molar-refractivity contribution is 0.0532. The molecule has 2 aliphatic heterocycles. The number of pyridine rings is 1. The van der Waals surface area contributed by atoms with Crippen molar-refractivity contribution in [3.8, 4) is 0 Å². The standard InChI is InChI=1S/C14H20N2O2/c1-17-10-14-9-16(6-12(14)8-18-11-14)7-13-4-2-3-5-15-13/h2-5,12H,6-11H2,1H3/t12-,14-/m1/s1. The van der Waals surface area contributed by atoms with E-state index in [1.807, 2.05) is 18.3 Å². The molecular formula is C14H20N2O2. The molecule has 18 heavy (non-hydrogen) atoms. The monoisotopic (exact) mass is 248 g/mol. The van der Waals surface area contributed by atoms with Crippen molar-refractivity contribution in [2.24, 2.45) is 11.3 Å². The largest absolute Gasteiger partial charge is 0.384 e. The molecule has 0 spiro atoms. The fourth-order valence-corrected chi connectivity index (χ4v) is 3.28. The SMILES string of the molecule is COC[C@]12COC[C@H]1CN(Cc1ccccn1)C2. The lowest BCUT2D eigenvalue weighted by Gasteiger charge is -2.26. The van der Waals surface area contributed by atoms with E-state index in [0.717, 1.165) is 45.1 Å². The van der Waals surface area contributed by atoms with E-state index >= 15 is 0 Å². The Morgan fingerprint density at radius 1 is 1.56 bits per heavy atom. The van der Waals surface area contributed by atoms with E-state index < -0.39 is 0 Å². The second-order valence-electron chi connectivity index (χ2n) is 5.50. The van der Waals surface area contributed by atoms with Gasteiger partial charge in [0, 0.05) is 44.3 Å². The highest BCUT2D eigenvalue weighted by molar-refractivity contribution is 5.06. The van der Waals surface area contributed by atoms with Crippen molar-refractivity contribution < 1.29 is 9.47 Å². The maximum atomic E-state index is 5.64. The molecule has 0 N–H and O–H groups in total. The van der Waals surface area contributed by atoms with Crippen LogP contribution in [0.15, 0.2) is 24.4 Å². The lowest BCUT2D eigenvalue weighted by atomic mass is 9.82. The summed E-state index contributed by atoms with van der Waals surface area (Å²) < 4.78 is 11.1. The molecule has 4 nitrogen and oxygen atoms in total. The normalized spacial score (nSPS) is 31.7. The summed E-state index contributed by atoms with van der Waals surface area (Å²) in [7, 11) is 1.78. The van der Waals surface area contributed by atoms with Gasteiger partial charge in [-0.15, -0.1) is 0 Å². The van der Waals surface area contributed by atoms with Crippen LogP contribution in [0.3, 0.4) is 0 Å². The Labute approximate surface area is 108 Å². The zero-order valence-corrected chi connectivity index (χ0v) is 10.8. The lowest BCUT2D eigenvalue weighted by Crippen LogP contribution is -2.35. The molecule has 2 atom stereocenters. The summed E-state index contributed by atoms with van der Waals surface area (Å²) in [5, 5.41) is 0. The van der Waals surface area contributed by atoms with E-state index in [1.165, 1.54) is 0 Å². The third-order valence-electron chi connectivity index (χ3n) is 4.14. The summed E-state index contributed by atoms with van der Waals surface area (Å²) in [6.45, 7) is 5.60. The van der Waals surface area contributed by atoms with E-state index in [4.69, 9.17) is 9.47 Å². The first-order valence-electron chi connectivity index (χ1n) is 6.51. The molecule has 3 heterocycles. The second-order valence-corrected chi connectivity index (χ2v) is 5.50. The van der Waals surface area contributed by atoms with Crippen molar-refractivity contribution in [3.63, 3.8) is 0 Å². The predicted octanol–water partition coefficient (Wildman–Crippen LogP) is 1.18. The van der Waals surface area contributed by atoms with Crippen molar-refractivity contribution in [1.82, 2.24) is 9.88 Å². The molecule has 2 fully saturated rings. The van der Waals surface area contributed by atoms with Gasteiger partial charge in [-0.05, 0) is 12.1 Å². The molecule has 2 aliphatic rings. The summed E-state index contributed by atoms with van der Waals surface area (Å²) in [6.07, 6.45) is 1.86. The molecular weight excluding hydrogens is 228 g/mol. The van der Waals surface area contributed by atoms with Gasteiger partial charge in [0.05, 0.1) is 25.5 Å². The molecule has 0 aliphatic carbocycles. The molecule has 0 saturated carbocycles. The van der Waals surface area contributed by atoms with Crippen molar-refractivity contribution >= 4 is 0 Å². The summed E-state index contributed by atoms with van der Waals surface area (Å²) in [5.41, 5.74) is 1.36. The van der Waals surface area contributed by atoms with E-state index in [-0.39, 0.29) is 5.41 Å². The van der Waals surface area contributed by atoms with Gasteiger partial charge in [-0.25, -0.2) is 0 Å². The average molecular weight is 248 g/mol. The van der Waals surface area contributed by atoms with Gasteiger partial charge < -0.3 is 9.47 Å². The molecule has 2 saturated heterocycles. The molecule has 98 valence electrons. The minimum atomic E-state index is 0.212. The highest BCUT2D eigenvalue weighted by Gasteiger charge is 2.50. The minimum Gasteiger partial charge on any atom is -0.384 e. The first-order chi connectivity index (χ1) is 8.82. The number of hydrogen-bond acceptors (Lipinski definition) is 4. The van der Waals surface area contributed by atoms with Crippen molar-refractivity contribution in [2.75, 3.05) is 40.0 Å². The van der Waals surface area contributed by atoms with Crippen LogP contribution in [0.25, 0.3) is 0 Å². The molecule has 0 aromatic carbocycles. The highest BCUT2D eigenvalue weighted by Crippen LogP contribution is 2.41. The molecule has 4 heteroatoms. The third-order valence-corrected chi connectivity index (χ3v) is 4.14. The van der Waals surface area contributed by atoms with Gasteiger partial charge in [-0.1, -0.05) is 6.07 Å². The Morgan fingerprint density at radius 3 is 3.28 bits per heavy atom. The van der Waals surface area contributed by atoms with Gasteiger partial charge in [0.15, 0.2) is 0 Å². The predicted molar refractivity (Wildman–Crippen MR) is 68.1 cm³/mol. The number of nitrogens with zero attached hydrogens (tertiary/aromatic N) is 2. The van der Waals surface area contributed by atoms with Crippen LogP contribution in [0, 0.1) is 11.3 Å². The average Bonchev–Trinajstić information content (AvgIpc) is 2.87. The fourth-order valence-electron chi connectivity index (χ4n) is 3.28. The van der Waals surface area contributed by atoms with Gasteiger partial charge in [0.2, 0.25) is 0 Å². The minimum absolute atomic E-state index is 0.212. The maximum Gasteiger partial charge on any atom is 0.0561 e. The van der Waals surface area contributed by atoms with Gasteiger partial charge >= 0.3 is 0 Å². The van der Waals surface area contributed by atoms with Crippen molar-refractivity contribution in [2.45, 2.75) is 6.54 Å². The van der Waals surface area contributed by atoms with Gasteiger partial charge in [-0.2, -0.15) is 0 Å². The topological polar surface area (TPSA) is 34.6 Å².